The normalized spacial score (nSPS) is 22.8. The maximum atomic E-state index is 12.2. The van der Waals surface area contributed by atoms with E-state index in [9.17, 15) is 9.59 Å². The largest absolute Gasteiger partial charge is 0.481 e. The van der Waals surface area contributed by atoms with Crippen LogP contribution in [-0.2, 0) is 15.0 Å². The predicted octanol–water partition coefficient (Wildman–Crippen LogP) is 1.70. The highest BCUT2D eigenvalue weighted by atomic mass is 16.4. The second-order valence-corrected chi connectivity index (χ2v) is 4.79. The molecule has 1 heterocycles. The Morgan fingerprint density at radius 3 is 2.71 bits per heavy atom. The number of hydrogen-bond donors (Lipinski definition) is 1. The first kappa shape index (κ1) is 11.6. The zero-order valence-electron chi connectivity index (χ0n) is 10.2. The van der Waals surface area contributed by atoms with E-state index in [-0.39, 0.29) is 12.3 Å². The van der Waals surface area contributed by atoms with Gasteiger partial charge >= 0.3 is 5.97 Å². The summed E-state index contributed by atoms with van der Waals surface area (Å²) in [6.07, 6.45) is -0.174. The second kappa shape index (κ2) is 3.58. The molecule has 4 heteroatoms. The van der Waals surface area contributed by atoms with Crippen LogP contribution in [0.1, 0.15) is 24.5 Å². The van der Waals surface area contributed by atoms with Gasteiger partial charge in [-0.25, -0.2) is 0 Å². The molecule has 1 aliphatic rings. The van der Waals surface area contributed by atoms with Crippen LogP contribution in [0.15, 0.2) is 18.2 Å². The number of carbonyl (C=O) groups is 2. The molecule has 0 aromatic heterocycles. The molecular weight excluding hydrogens is 218 g/mol. The first-order valence-electron chi connectivity index (χ1n) is 5.47. The van der Waals surface area contributed by atoms with Crippen LogP contribution in [0.5, 0.6) is 0 Å². The molecule has 0 bridgehead atoms. The number of amides is 1. The van der Waals surface area contributed by atoms with Gasteiger partial charge in [-0.2, -0.15) is 0 Å². The highest BCUT2D eigenvalue weighted by Crippen LogP contribution is 2.43. The van der Waals surface area contributed by atoms with Crippen LogP contribution in [0.25, 0.3) is 0 Å². The number of benzene rings is 1. The van der Waals surface area contributed by atoms with Gasteiger partial charge < -0.3 is 10.0 Å². The van der Waals surface area contributed by atoms with Gasteiger partial charge in [0, 0.05) is 12.7 Å². The summed E-state index contributed by atoms with van der Waals surface area (Å²) in [5.74, 6) is -1.11. The first-order chi connectivity index (χ1) is 7.86. The number of aryl methyl sites for hydroxylation is 1. The van der Waals surface area contributed by atoms with Crippen LogP contribution in [0.2, 0.25) is 0 Å². The van der Waals surface area contributed by atoms with Crippen molar-refractivity contribution in [2.45, 2.75) is 25.7 Å². The van der Waals surface area contributed by atoms with Crippen LogP contribution in [0, 0.1) is 6.92 Å². The number of nitrogens with zero attached hydrogens (tertiary/aromatic N) is 1. The number of likely N-dealkylation sites (N-methyl/N-ethyl adjacent to an activating group) is 1. The van der Waals surface area contributed by atoms with Crippen molar-refractivity contribution < 1.29 is 14.7 Å². The van der Waals surface area contributed by atoms with Crippen molar-refractivity contribution in [1.29, 1.82) is 0 Å². The van der Waals surface area contributed by atoms with Gasteiger partial charge in [-0.15, -0.1) is 0 Å². The van der Waals surface area contributed by atoms with E-state index in [0.717, 1.165) is 16.8 Å². The van der Waals surface area contributed by atoms with E-state index in [2.05, 4.69) is 0 Å². The van der Waals surface area contributed by atoms with Gasteiger partial charge in [0.15, 0.2) is 0 Å². The Labute approximate surface area is 99.9 Å². The highest BCUT2D eigenvalue weighted by molar-refractivity contribution is 6.09. The van der Waals surface area contributed by atoms with Gasteiger partial charge in [0.2, 0.25) is 5.91 Å². The first-order valence-corrected chi connectivity index (χ1v) is 5.47. The lowest BCUT2D eigenvalue weighted by molar-refractivity contribution is -0.140. The zero-order valence-corrected chi connectivity index (χ0v) is 10.2. The van der Waals surface area contributed by atoms with Crippen LogP contribution >= 0.6 is 0 Å². The average Bonchev–Trinajstić information content (AvgIpc) is 2.40. The smallest absolute Gasteiger partial charge is 0.304 e. The summed E-state index contributed by atoms with van der Waals surface area (Å²) in [5, 5.41) is 8.95. The zero-order chi connectivity index (χ0) is 12.8. The Kier molecular flexibility index (Phi) is 2.45. The lowest BCUT2D eigenvalue weighted by Crippen LogP contribution is -2.37. The topological polar surface area (TPSA) is 57.6 Å². The second-order valence-electron chi connectivity index (χ2n) is 4.79. The maximum Gasteiger partial charge on any atom is 0.304 e. The van der Waals surface area contributed by atoms with Gasteiger partial charge in [0.05, 0.1) is 11.8 Å². The Bertz CT molecular complexity index is 509. The SMILES string of the molecule is Cc1ccc2c(c1)N(C)C(=O)C2(C)CC(=O)O. The van der Waals surface area contributed by atoms with Crippen LogP contribution in [0.3, 0.4) is 0 Å². The Hall–Kier alpha value is -1.84. The highest BCUT2D eigenvalue weighted by Gasteiger charge is 2.47. The fourth-order valence-corrected chi connectivity index (χ4v) is 2.45. The van der Waals surface area contributed by atoms with Gasteiger partial charge in [-0.05, 0) is 31.0 Å². The van der Waals surface area contributed by atoms with Crippen molar-refractivity contribution in [2.75, 3.05) is 11.9 Å². The Balaban J connectivity index is 2.58. The third kappa shape index (κ3) is 1.60. The van der Waals surface area contributed by atoms with Gasteiger partial charge in [0.25, 0.3) is 0 Å². The summed E-state index contributed by atoms with van der Waals surface area (Å²) < 4.78 is 0. The minimum absolute atomic E-state index is 0.152. The minimum Gasteiger partial charge on any atom is -0.481 e. The number of carboxylic acid groups (broad SMARTS) is 1. The van der Waals surface area contributed by atoms with E-state index in [1.54, 1.807) is 18.9 Å². The molecule has 1 unspecified atom stereocenters. The molecule has 1 atom stereocenters. The molecular formula is C13H15NO3. The molecule has 0 spiro atoms. The van der Waals surface area contributed by atoms with Gasteiger partial charge in [0.1, 0.15) is 0 Å². The quantitative estimate of drug-likeness (QED) is 0.845. The molecule has 0 radical (unpaired) electrons. The standard InChI is InChI=1S/C13H15NO3/c1-8-4-5-9-10(6-8)14(3)12(17)13(9,2)7-11(15)16/h4-6H,7H2,1-3H3,(H,15,16). The summed E-state index contributed by atoms with van der Waals surface area (Å²) >= 11 is 0. The number of hydrogen-bond acceptors (Lipinski definition) is 2. The number of rotatable bonds is 2. The summed E-state index contributed by atoms with van der Waals surface area (Å²) in [6, 6.07) is 5.68. The minimum atomic E-state index is -0.956. The third-order valence-corrected chi connectivity index (χ3v) is 3.39. The molecule has 2 rings (SSSR count). The molecule has 90 valence electrons. The lowest BCUT2D eigenvalue weighted by atomic mass is 9.80. The summed E-state index contributed by atoms with van der Waals surface area (Å²) in [7, 11) is 1.69. The van der Waals surface area contributed by atoms with Crippen molar-refractivity contribution in [3.63, 3.8) is 0 Å². The molecule has 17 heavy (non-hydrogen) atoms. The van der Waals surface area contributed by atoms with E-state index in [1.807, 2.05) is 25.1 Å². The van der Waals surface area contributed by atoms with Gasteiger partial charge in [-0.1, -0.05) is 12.1 Å². The Morgan fingerprint density at radius 1 is 1.47 bits per heavy atom. The number of aliphatic carboxylic acids is 1. The van der Waals surface area contributed by atoms with E-state index in [4.69, 9.17) is 5.11 Å². The van der Waals surface area contributed by atoms with E-state index in [0.29, 0.717) is 0 Å². The maximum absolute atomic E-state index is 12.2. The number of fused-ring (bicyclic) bond motifs is 1. The van der Waals surface area contributed by atoms with E-state index >= 15 is 0 Å². The number of carboxylic acids is 1. The summed E-state index contributed by atoms with van der Waals surface area (Å²) in [6.45, 7) is 3.65. The van der Waals surface area contributed by atoms with Crippen molar-refractivity contribution >= 4 is 17.6 Å². The molecule has 4 nitrogen and oxygen atoms in total. The molecule has 1 aromatic carbocycles. The summed E-state index contributed by atoms with van der Waals surface area (Å²) in [4.78, 5) is 24.7. The van der Waals surface area contributed by atoms with Crippen LogP contribution in [0.4, 0.5) is 5.69 Å². The predicted molar refractivity (Wildman–Crippen MR) is 64.2 cm³/mol. The van der Waals surface area contributed by atoms with Crippen molar-refractivity contribution in [1.82, 2.24) is 0 Å². The monoisotopic (exact) mass is 233 g/mol. The molecule has 0 saturated heterocycles. The fourth-order valence-electron chi connectivity index (χ4n) is 2.45. The van der Waals surface area contributed by atoms with Crippen LogP contribution < -0.4 is 4.90 Å². The van der Waals surface area contributed by atoms with E-state index < -0.39 is 11.4 Å². The molecule has 1 aliphatic heterocycles. The molecule has 1 amide bonds. The fraction of sp³-hybridized carbons (Fsp3) is 0.385. The Morgan fingerprint density at radius 2 is 2.12 bits per heavy atom. The number of anilines is 1. The average molecular weight is 233 g/mol. The van der Waals surface area contributed by atoms with Crippen molar-refractivity contribution in [3.8, 4) is 0 Å². The number of carbonyl (C=O) groups excluding carboxylic acids is 1. The molecule has 0 aliphatic carbocycles. The van der Waals surface area contributed by atoms with Gasteiger partial charge in [-0.3, -0.25) is 9.59 Å². The molecule has 1 N–H and O–H groups in total. The van der Waals surface area contributed by atoms with Crippen molar-refractivity contribution in [3.05, 3.63) is 29.3 Å². The third-order valence-electron chi connectivity index (χ3n) is 3.39. The molecule has 1 aromatic rings. The molecule has 0 fully saturated rings. The molecule has 0 saturated carbocycles. The van der Waals surface area contributed by atoms with E-state index in [1.165, 1.54) is 0 Å². The lowest BCUT2D eigenvalue weighted by Gasteiger charge is -2.20. The van der Waals surface area contributed by atoms with Crippen molar-refractivity contribution in [2.24, 2.45) is 0 Å². The van der Waals surface area contributed by atoms with Crippen LogP contribution in [-0.4, -0.2) is 24.0 Å². The summed E-state index contributed by atoms with van der Waals surface area (Å²) in [5.41, 5.74) is 1.74.